The molecule has 0 fully saturated rings. The molecule has 3 aromatic rings. The van der Waals surface area contributed by atoms with Crippen LogP contribution in [-0.4, -0.2) is 26.9 Å². The lowest BCUT2D eigenvalue weighted by Gasteiger charge is -2.05. The molecule has 0 atom stereocenters. The number of aromatic nitrogens is 2. The fourth-order valence-electron chi connectivity index (χ4n) is 2.57. The van der Waals surface area contributed by atoms with Crippen molar-refractivity contribution >= 4 is 34.3 Å². The summed E-state index contributed by atoms with van der Waals surface area (Å²) in [4.78, 5) is 23.2. The minimum absolute atomic E-state index is 0.0650. The number of nitro groups is 1. The molecular formula is C18H14BrN3O5. The molecule has 2 aromatic carbocycles. The molecule has 27 heavy (non-hydrogen) atoms. The average molecular weight is 432 g/mol. The summed E-state index contributed by atoms with van der Waals surface area (Å²) in [6.07, 6.45) is 1.45. The van der Waals surface area contributed by atoms with E-state index < -0.39 is 16.4 Å². The minimum atomic E-state index is -0.725. The fourth-order valence-corrected chi connectivity index (χ4v) is 2.84. The molecule has 0 spiro atoms. The molecule has 0 unspecified atom stereocenters. The number of aromatic hydroxyl groups is 1. The lowest BCUT2D eigenvalue weighted by Crippen LogP contribution is -2.33. The van der Waals surface area contributed by atoms with Gasteiger partial charge in [-0.2, -0.15) is 0 Å². The molecule has 3 rings (SSSR count). The zero-order valence-electron chi connectivity index (χ0n) is 14.1. The Bertz CT molecular complexity index is 1200. The van der Waals surface area contributed by atoms with Gasteiger partial charge >= 0.3 is 5.69 Å². The molecule has 0 radical (unpaired) electrons. The van der Waals surface area contributed by atoms with Gasteiger partial charge in [0.2, 0.25) is 5.75 Å². The molecule has 0 aliphatic heterocycles. The van der Waals surface area contributed by atoms with Gasteiger partial charge in [-0.1, -0.05) is 22.5 Å². The van der Waals surface area contributed by atoms with E-state index in [9.17, 15) is 20.0 Å². The van der Waals surface area contributed by atoms with Crippen LogP contribution >= 0.6 is 15.9 Å². The standard InChI is InChI=1S/C18H14BrN3O5/c1-10-14(18(24)21(20-10)13-5-3-12(19)4-6-13)7-11-8-15(22(25)26)17(23)16(9-11)27-2/h3-9,20,23H,1H2,2H3/b14-7-. The number of halogens is 1. The summed E-state index contributed by atoms with van der Waals surface area (Å²) in [6, 6.07) is 9.65. The van der Waals surface area contributed by atoms with Gasteiger partial charge < -0.3 is 9.84 Å². The molecule has 2 N–H and O–H groups in total. The first-order chi connectivity index (χ1) is 12.8. The highest BCUT2D eigenvalue weighted by Gasteiger charge is 2.19. The Hall–Kier alpha value is -3.33. The van der Waals surface area contributed by atoms with Crippen molar-refractivity contribution in [3.05, 3.63) is 77.5 Å². The maximum atomic E-state index is 12.8. The molecule has 0 aliphatic rings. The third-order valence-electron chi connectivity index (χ3n) is 3.89. The van der Waals surface area contributed by atoms with Gasteiger partial charge in [0.1, 0.15) is 0 Å². The third kappa shape index (κ3) is 3.49. The normalized spacial score (nSPS) is 11.6. The van der Waals surface area contributed by atoms with Crippen molar-refractivity contribution in [3.63, 3.8) is 0 Å². The summed E-state index contributed by atoms with van der Waals surface area (Å²) in [5, 5.41) is 24.5. The van der Waals surface area contributed by atoms with Gasteiger partial charge in [-0.3, -0.25) is 20.0 Å². The van der Waals surface area contributed by atoms with Gasteiger partial charge in [0.05, 0.1) is 28.3 Å². The largest absolute Gasteiger partial charge is 0.500 e. The smallest absolute Gasteiger partial charge is 0.315 e. The number of nitrogens with one attached hydrogen (secondary N) is 1. The van der Waals surface area contributed by atoms with Crippen LogP contribution in [-0.2, 0) is 0 Å². The van der Waals surface area contributed by atoms with Crippen LogP contribution in [0.15, 0.2) is 45.7 Å². The zero-order chi connectivity index (χ0) is 19.7. The van der Waals surface area contributed by atoms with Gasteiger partial charge in [-0.25, -0.2) is 4.68 Å². The first-order valence-electron chi connectivity index (χ1n) is 7.65. The van der Waals surface area contributed by atoms with E-state index in [4.69, 9.17) is 4.74 Å². The van der Waals surface area contributed by atoms with Gasteiger partial charge in [0.25, 0.3) is 5.56 Å². The van der Waals surface area contributed by atoms with Crippen molar-refractivity contribution in [1.82, 2.24) is 9.78 Å². The Morgan fingerprint density at radius 3 is 2.59 bits per heavy atom. The summed E-state index contributed by atoms with van der Waals surface area (Å²) in [5.74, 6) is -0.638. The van der Waals surface area contributed by atoms with Crippen molar-refractivity contribution in [2.75, 3.05) is 7.11 Å². The number of H-pyrrole nitrogens is 1. The quantitative estimate of drug-likeness (QED) is 0.483. The van der Waals surface area contributed by atoms with Crippen molar-refractivity contribution in [2.24, 2.45) is 0 Å². The summed E-state index contributed by atoms with van der Waals surface area (Å²) in [7, 11) is 1.28. The monoisotopic (exact) mass is 431 g/mol. The molecule has 0 saturated carbocycles. The van der Waals surface area contributed by atoms with Crippen LogP contribution < -0.4 is 20.9 Å². The minimum Gasteiger partial charge on any atom is -0.500 e. The highest BCUT2D eigenvalue weighted by molar-refractivity contribution is 9.10. The number of hydrogen-bond acceptors (Lipinski definition) is 5. The summed E-state index contributed by atoms with van der Waals surface area (Å²) in [6.45, 7) is 3.83. The number of phenols is 1. The number of methoxy groups -OCH3 is 1. The molecule has 8 nitrogen and oxygen atoms in total. The van der Waals surface area contributed by atoms with E-state index in [1.807, 2.05) is 0 Å². The Labute approximate surface area is 160 Å². The van der Waals surface area contributed by atoms with Gasteiger partial charge in [0, 0.05) is 10.5 Å². The van der Waals surface area contributed by atoms with Crippen LogP contribution in [0.1, 0.15) is 5.56 Å². The number of phenolic OH excluding ortho intramolecular Hbond substituents is 1. The molecule has 1 aromatic heterocycles. The Morgan fingerprint density at radius 1 is 1.33 bits per heavy atom. The van der Waals surface area contributed by atoms with Crippen LogP contribution in [0.2, 0.25) is 0 Å². The average Bonchev–Trinajstić information content (AvgIpc) is 2.91. The molecule has 0 aliphatic carbocycles. The third-order valence-corrected chi connectivity index (χ3v) is 4.42. The number of hydrogen-bond donors (Lipinski definition) is 2. The summed E-state index contributed by atoms with van der Waals surface area (Å²) in [5.41, 5.74) is 0.0503. The molecule has 138 valence electrons. The molecule has 9 heteroatoms. The second kappa shape index (κ2) is 7.12. The van der Waals surface area contributed by atoms with E-state index in [1.165, 1.54) is 23.9 Å². The van der Waals surface area contributed by atoms with Crippen LogP contribution in [0, 0.1) is 10.1 Å². The molecule has 0 bridgehead atoms. The lowest BCUT2D eigenvalue weighted by molar-refractivity contribution is -0.386. The van der Waals surface area contributed by atoms with Crippen molar-refractivity contribution < 1.29 is 14.8 Å². The first-order valence-corrected chi connectivity index (χ1v) is 8.44. The summed E-state index contributed by atoms with van der Waals surface area (Å²) >= 11 is 3.33. The van der Waals surface area contributed by atoms with Gasteiger partial charge in [-0.05, 0) is 42.0 Å². The Balaban J connectivity index is 2.21. The van der Waals surface area contributed by atoms with Crippen LogP contribution in [0.25, 0.3) is 18.3 Å². The number of rotatable bonds is 4. The van der Waals surface area contributed by atoms with Gasteiger partial charge in [-0.15, -0.1) is 0 Å². The number of nitrogens with zero attached hydrogens (tertiary/aromatic N) is 2. The topological polar surface area (TPSA) is 110 Å². The second-order valence-corrected chi connectivity index (χ2v) is 6.53. The predicted octanol–water partition coefficient (Wildman–Crippen LogP) is 1.79. The van der Waals surface area contributed by atoms with E-state index >= 15 is 0 Å². The van der Waals surface area contributed by atoms with E-state index in [1.54, 1.807) is 24.3 Å². The maximum absolute atomic E-state index is 12.8. The van der Waals surface area contributed by atoms with E-state index in [2.05, 4.69) is 27.6 Å². The highest BCUT2D eigenvalue weighted by atomic mass is 79.9. The number of aromatic amines is 1. The van der Waals surface area contributed by atoms with E-state index in [0.29, 0.717) is 16.6 Å². The molecule has 0 saturated heterocycles. The van der Waals surface area contributed by atoms with Crippen molar-refractivity contribution in [3.8, 4) is 17.2 Å². The zero-order valence-corrected chi connectivity index (χ0v) is 15.7. The fraction of sp³-hybridized carbons (Fsp3) is 0.0556. The Kier molecular flexibility index (Phi) is 4.87. The van der Waals surface area contributed by atoms with Gasteiger partial charge in [0.15, 0.2) is 5.75 Å². The number of ether oxygens (including phenoxy) is 1. The van der Waals surface area contributed by atoms with Crippen LogP contribution in [0.3, 0.4) is 0 Å². The SMILES string of the molecule is C=c1[nH]n(-c2ccc(Br)cc2)c(=O)/c1=C\c1cc(OC)c(O)c([N+](=O)[O-])c1. The second-order valence-electron chi connectivity index (χ2n) is 5.61. The Morgan fingerprint density at radius 2 is 2.00 bits per heavy atom. The predicted molar refractivity (Wildman–Crippen MR) is 104 cm³/mol. The van der Waals surface area contributed by atoms with Crippen molar-refractivity contribution in [2.45, 2.75) is 0 Å². The highest BCUT2D eigenvalue weighted by Crippen LogP contribution is 2.36. The number of benzene rings is 2. The molecule has 1 heterocycles. The summed E-state index contributed by atoms with van der Waals surface area (Å²) < 4.78 is 7.17. The van der Waals surface area contributed by atoms with E-state index in [-0.39, 0.29) is 16.5 Å². The molecule has 0 amide bonds. The van der Waals surface area contributed by atoms with Crippen LogP contribution in [0.4, 0.5) is 5.69 Å². The molecular weight excluding hydrogens is 418 g/mol. The van der Waals surface area contributed by atoms with Crippen LogP contribution in [0.5, 0.6) is 11.5 Å². The first kappa shape index (κ1) is 18.5. The van der Waals surface area contributed by atoms with Crippen molar-refractivity contribution in [1.29, 1.82) is 0 Å². The maximum Gasteiger partial charge on any atom is 0.315 e. The lowest BCUT2D eigenvalue weighted by atomic mass is 10.1. The van der Waals surface area contributed by atoms with E-state index in [0.717, 1.165) is 10.5 Å². The number of nitro benzene ring substituents is 1.